The first-order chi connectivity index (χ1) is 19.7. The Hall–Kier alpha value is -4.08. The van der Waals surface area contributed by atoms with Crippen molar-refractivity contribution in [2.75, 3.05) is 18.4 Å². The molecule has 0 unspecified atom stereocenters. The largest absolute Gasteiger partial charge is 0.453 e. The number of ether oxygens (including phenoxy) is 1. The standard InChI is InChI=1S/C29H24F3N5O2S2/c1-18(38)37-11-9-19(10-12-37)25-17-40-28(35-25)36-27-26(39-21-5-3-2-4-6-21)14-23(16-34-27)41-22-8-7-20(15-33)24(13-22)29(30,31)32/h2-8,13-14,16-17,19H,9-12H2,1H3,(H,34,35,36). The quantitative estimate of drug-likeness (QED) is 0.233. The molecule has 1 N–H and O–H groups in total. The molecule has 41 heavy (non-hydrogen) atoms. The van der Waals surface area contributed by atoms with Crippen molar-refractivity contribution in [3.8, 4) is 17.6 Å². The van der Waals surface area contributed by atoms with Gasteiger partial charge in [-0.1, -0.05) is 30.0 Å². The van der Waals surface area contributed by atoms with Crippen LogP contribution >= 0.6 is 23.1 Å². The van der Waals surface area contributed by atoms with Gasteiger partial charge in [0.05, 0.1) is 22.9 Å². The molecule has 2 aromatic heterocycles. The monoisotopic (exact) mass is 595 g/mol. The highest BCUT2D eigenvalue weighted by Crippen LogP contribution is 2.40. The van der Waals surface area contributed by atoms with Crippen LogP contribution in [0.1, 0.15) is 42.5 Å². The summed E-state index contributed by atoms with van der Waals surface area (Å²) in [5.41, 5.74) is -0.455. The number of halogens is 3. The second kappa shape index (κ2) is 12.2. The zero-order chi connectivity index (χ0) is 29.0. The molecule has 1 fully saturated rings. The molecule has 0 aliphatic carbocycles. The summed E-state index contributed by atoms with van der Waals surface area (Å²) in [6.07, 6.45) is -1.41. The lowest BCUT2D eigenvalue weighted by Crippen LogP contribution is -2.36. The molecule has 3 heterocycles. The van der Waals surface area contributed by atoms with Gasteiger partial charge in [-0.25, -0.2) is 9.97 Å². The van der Waals surface area contributed by atoms with Crippen molar-refractivity contribution in [2.45, 2.75) is 41.7 Å². The van der Waals surface area contributed by atoms with E-state index >= 15 is 0 Å². The maximum Gasteiger partial charge on any atom is 0.417 e. The van der Waals surface area contributed by atoms with Crippen molar-refractivity contribution in [2.24, 2.45) is 0 Å². The van der Waals surface area contributed by atoms with Gasteiger partial charge in [0.2, 0.25) is 5.91 Å². The molecule has 2 aromatic carbocycles. The predicted octanol–water partition coefficient (Wildman–Crippen LogP) is 7.84. The number of hydrogen-bond donors (Lipinski definition) is 1. The van der Waals surface area contributed by atoms with E-state index in [1.54, 1.807) is 37.4 Å². The molecule has 7 nitrogen and oxygen atoms in total. The fourth-order valence-corrected chi connectivity index (χ4v) is 6.09. The Kier molecular flexibility index (Phi) is 8.46. The molecule has 5 rings (SSSR count). The van der Waals surface area contributed by atoms with Gasteiger partial charge in [-0.05, 0) is 43.2 Å². The number of alkyl halides is 3. The Morgan fingerprint density at radius 1 is 1.15 bits per heavy atom. The second-order valence-corrected chi connectivity index (χ2v) is 11.3. The Morgan fingerprint density at radius 2 is 1.90 bits per heavy atom. The van der Waals surface area contributed by atoms with E-state index in [2.05, 4.69) is 10.3 Å². The molecule has 0 radical (unpaired) electrons. The van der Waals surface area contributed by atoms with Crippen LogP contribution in [0.15, 0.2) is 76.0 Å². The number of nitrogens with zero attached hydrogens (tertiary/aromatic N) is 4. The van der Waals surface area contributed by atoms with Crippen molar-refractivity contribution in [3.63, 3.8) is 0 Å². The van der Waals surface area contributed by atoms with E-state index in [4.69, 9.17) is 15.0 Å². The van der Waals surface area contributed by atoms with Crippen LogP contribution in [0.4, 0.5) is 24.1 Å². The van der Waals surface area contributed by atoms with Crippen LogP contribution in [0.2, 0.25) is 0 Å². The van der Waals surface area contributed by atoms with Crippen LogP contribution < -0.4 is 10.1 Å². The van der Waals surface area contributed by atoms with Gasteiger partial charge >= 0.3 is 6.18 Å². The van der Waals surface area contributed by atoms with Crippen LogP contribution in [0, 0.1) is 11.3 Å². The van der Waals surface area contributed by atoms with E-state index < -0.39 is 17.3 Å². The molecule has 0 atom stereocenters. The number of carbonyl (C=O) groups excluding carboxylic acids is 1. The normalized spacial score (nSPS) is 14.0. The maximum absolute atomic E-state index is 13.5. The van der Waals surface area contributed by atoms with E-state index in [1.165, 1.54) is 23.5 Å². The Bertz CT molecular complexity index is 1580. The van der Waals surface area contributed by atoms with Crippen LogP contribution in [-0.2, 0) is 11.0 Å². The van der Waals surface area contributed by atoms with Gasteiger partial charge in [0.1, 0.15) is 5.75 Å². The lowest BCUT2D eigenvalue weighted by Gasteiger charge is -2.30. The number of benzene rings is 2. The van der Waals surface area contributed by atoms with E-state index in [-0.39, 0.29) is 11.8 Å². The SMILES string of the molecule is CC(=O)N1CCC(c2csc(Nc3ncc(Sc4ccc(C#N)c(C(F)(F)F)c4)cc3Oc3ccccc3)n2)CC1. The van der Waals surface area contributed by atoms with Gasteiger partial charge in [0, 0.05) is 53.4 Å². The number of pyridine rings is 1. The number of thiazole rings is 1. The summed E-state index contributed by atoms with van der Waals surface area (Å²) in [4.78, 5) is 23.6. The number of amides is 1. The molecule has 1 aliphatic heterocycles. The topological polar surface area (TPSA) is 91.1 Å². The number of para-hydroxylation sites is 1. The molecule has 4 aromatic rings. The highest BCUT2D eigenvalue weighted by atomic mass is 32.2. The molecule has 12 heteroatoms. The lowest BCUT2D eigenvalue weighted by atomic mass is 9.94. The highest BCUT2D eigenvalue weighted by Gasteiger charge is 2.34. The molecule has 1 aliphatic rings. The second-order valence-electron chi connectivity index (χ2n) is 9.33. The molecule has 210 valence electrons. The third-order valence-electron chi connectivity index (χ3n) is 6.56. The minimum absolute atomic E-state index is 0.0858. The molecule has 0 saturated carbocycles. The molecule has 1 amide bonds. The molecule has 1 saturated heterocycles. The molecule has 0 spiro atoms. The Morgan fingerprint density at radius 3 is 2.59 bits per heavy atom. The van der Waals surface area contributed by atoms with Crippen LogP contribution in [0.5, 0.6) is 11.5 Å². The number of carbonyl (C=O) groups is 1. The number of aromatic nitrogens is 2. The Labute approximate surface area is 243 Å². The van der Waals surface area contributed by atoms with E-state index in [0.717, 1.165) is 36.4 Å². The van der Waals surface area contributed by atoms with Gasteiger partial charge in [0.15, 0.2) is 16.7 Å². The summed E-state index contributed by atoms with van der Waals surface area (Å²) in [5, 5.41) is 14.9. The van der Waals surface area contributed by atoms with E-state index in [1.807, 2.05) is 28.5 Å². The third kappa shape index (κ3) is 6.99. The predicted molar refractivity (Wildman–Crippen MR) is 151 cm³/mol. The number of nitriles is 1. The van der Waals surface area contributed by atoms with Crippen molar-refractivity contribution in [1.29, 1.82) is 5.26 Å². The van der Waals surface area contributed by atoms with Gasteiger partial charge in [-0.15, -0.1) is 11.3 Å². The summed E-state index contributed by atoms with van der Waals surface area (Å²) in [5.74, 6) is 1.69. The number of nitrogens with one attached hydrogen (secondary N) is 1. The molecular formula is C29H24F3N5O2S2. The summed E-state index contributed by atoms with van der Waals surface area (Å²) < 4.78 is 46.5. The smallest absolute Gasteiger partial charge is 0.417 e. The van der Waals surface area contributed by atoms with Crippen molar-refractivity contribution >= 4 is 40.0 Å². The third-order valence-corrected chi connectivity index (χ3v) is 8.28. The van der Waals surface area contributed by atoms with Crippen molar-refractivity contribution in [3.05, 3.63) is 83.0 Å². The first kappa shape index (κ1) is 28.4. The maximum atomic E-state index is 13.5. The average Bonchev–Trinajstić information content (AvgIpc) is 3.43. The minimum Gasteiger partial charge on any atom is -0.453 e. The summed E-state index contributed by atoms with van der Waals surface area (Å²) in [6, 6.07) is 16.0. The fourth-order valence-electron chi connectivity index (χ4n) is 4.45. The molecular weight excluding hydrogens is 571 g/mol. The first-order valence-corrected chi connectivity index (χ1v) is 14.4. The van der Waals surface area contributed by atoms with Crippen molar-refractivity contribution in [1.82, 2.24) is 14.9 Å². The van der Waals surface area contributed by atoms with Gasteiger partial charge in [-0.2, -0.15) is 18.4 Å². The lowest BCUT2D eigenvalue weighted by molar-refractivity contribution is -0.138. The zero-order valence-electron chi connectivity index (χ0n) is 21.8. The Balaban J connectivity index is 1.38. The summed E-state index contributed by atoms with van der Waals surface area (Å²) in [7, 11) is 0. The number of hydrogen-bond acceptors (Lipinski definition) is 8. The van der Waals surface area contributed by atoms with Crippen LogP contribution in [-0.4, -0.2) is 33.9 Å². The fraction of sp³-hybridized carbons (Fsp3) is 0.241. The van der Waals surface area contributed by atoms with E-state index in [0.29, 0.717) is 45.3 Å². The number of rotatable bonds is 7. The van der Waals surface area contributed by atoms with E-state index in [9.17, 15) is 18.0 Å². The number of piperidine rings is 1. The van der Waals surface area contributed by atoms with Gasteiger partial charge in [0.25, 0.3) is 0 Å². The van der Waals surface area contributed by atoms with Crippen LogP contribution in [0.25, 0.3) is 0 Å². The van der Waals surface area contributed by atoms with Gasteiger partial charge in [-0.3, -0.25) is 4.79 Å². The first-order valence-electron chi connectivity index (χ1n) is 12.7. The highest BCUT2D eigenvalue weighted by molar-refractivity contribution is 7.99. The number of anilines is 2. The number of likely N-dealkylation sites (tertiary alicyclic amines) is 1. The minimum atomic E-state index is -4.65. The summed E-state index contributed by atoms with van der Waals surface area (Å²) >= 11 is 2.52. The molecule has 0 bridgehead atoms. The van der Waals surface area contributed by atoms with Crippen molar-refractivity contribution < 1.29 is 22.7 Å². The van der Waals surface area contributed by atoms with Crippen LogP contribution in [0.3, 0.4) is 0 Å². The summed E-state index contributed by atoms with van der Waals surface area (Å²) in [6.45, 7) is 3.00. The zero-order valence-corrected chi connectivity index (χ0v) is 23.4. The average molecular weight is 596 g/mol. The van der Waals surface area contributed by atoms with Gasteiger partial charge < -0.3 is 15.0 Å².